The Labute approximate surface area is 118 Å². The van der Waals surface area contributed by atoms with E-state index in [4.69, 9.17) is 10.5 Å². The first-order chi connectivity index (χ1) is 8.95. The van der Waals surface area contributed by atoms with Crippen LogP contribution >= 0.6 is 0 Å². The highest BCUT2D eigenvalue weighted by Gasteiger charge is 2.39. The maximum atomic E-state index is 12.7. The first-order valence-electron chi connectivity index (χ1n) is 6.76. The smallest absolute Gasteiger partial charge is 0.120 e. The number of hydrogen-bond donors (Lipinski definition) is 1. The fourth-order valence-electron chi connectivity index (χ4n) is 2.75. The van der Waals surface area contributed by atoms with Crippen LogP contribution in [0.3, 0.4) is 0 Å². The Kier molecular flexibility index (Phi) is 4.31. The molecule has 0 heterocycles. The predicted octanol–water partition coefficient (Wildman–Crippen LogP) is 2.71. The summed E-state index contributed by atoms with van der Waals surface area (Å²) in [7, 11) is 0.559. The first-order valence-corrected chi connectivity index (χ1v) is 7.97. The van der Waals surface area contributed by atoms with Gasteiger partial charge in [-0.25, -0.2) is 0 Å². The van der Waals surface area contributed by atoms with Crippen LogP contribution in [-0.2, 0) is 10.8 Å². The average Bonchev–Trinajstić information content (AvgIpc) is 2.41. The van der Waals surface area contributed by atoms with Crippen LogP contribution in [0.15, 0.2) is 29.2 Å². The summed E-state index contributed by atoms with van der Waals surface area (Å²) in [6, 6.07) is 7.47. The molecule has 1 saturated carbocycles. The molecule has 2 N–H and O–H groups in total. The number of rotatable bonds is 3. The normalized spacial score (nSPS) is 27.8. The van der Waals surface area contributed by atoms with E-state index in [9.17, 15) is 4.21 Å². The van der Waals surface area contributed by atoms with Crippen LogP contribution in [-0.4, -0.2) is 22.6 Å². The largest absolute Gasteiger partial charge is 0.497 e. The minimum Gasteiger partial charge on any atom is -0.497 e. The number of benzene rings is 1. The van der Waals surface area contributed by atoms with Gasteiger partial charge in [0.05, 0.1) is 23.2 Å². The van der Waals surface area contributed by atoms with Crippen molar-refractivity contribution in [2.75, 3.05) is 7.11 Å². The standard InChI is InChI=1S/C15H23NO2S/c1-15(2)9-5-8-13(14(15)16)19(17)12-7-4-6-11(10-12)18-3/h4,6-7,10,13-14H,5,8-9,16H2,1-3H3. The van der Waals surface area contributed by atoms with E-state index < -0.39 is 10.8 Å². The zero-order valence-electron chi connectivity index (χ0n) is 11.9. The summed E-state index contributed by atoms with van der Waals surface area (Å²) >= 11 is 0. The summed E-state index contributed by atoms with van der Waals surface area (Å²) in [5, 5.41) is 0.0378. The minimum absolute atomic E-state index is 0.0201. The molecule has 0 aliphatic heterocycles. The van der Waals surface area contributed by atoms with Crippen LogP contribution in [0.5, 0.6) is 5.75 Å². The fourth-order valence-corrected chi connectivity index (χ4v) is 4.56. The molecule has 3 nitrogen and oxygen atoms in total. The average molecular weight is 281 g/mol. The number of methoxy groups -OCH3 is 1. The second-order valence-corrected chi connectivity index (χ2v) is 7.59. The topological polar surface area (TPSA) is 52.3 Å². The molecule has 3 atom stereocenters. The molecule has 0 saturated heterocycles. The van der Waals surface area contributed by atoms with Crippen molar-refractivity contribution < 1.29 is 8.95 Å². The van der Waals surface area contributed by atoms with Gasteiger partial charge in [-0.15, -0.1) is 0 Å². The third-order valence-electron chi connectivity index (χ3n) is 4.16. The maximum Gasteiger partial charge on any atom is 0.120 e. The lowest BCUT2D eigenvalue weighted by Gasteiger charge is -2.41. The maximum absolute atomic E-state index is 12.7. The quantitative estimate of drug-likeness (QED) is 0.927. The van der Waals surface area contributed by atoms with Crippen molar-refractivity contribution >= 4 is 10.8 Å². The first kappa shape index (κ1) is 14.5. The molecule has 0 spiro atoms. The minimum atomic E-state index is -1.06. The molecule has 1 aromatic rings. The Morgan fingerprint density at radius 1 is 1.42 bits per heavy atom. The highest BCUT2D eigenvalue weighted by atomic mass is 32.2. The molecule has 1 aliphatic carbocycles. The molecule has 1 fully saturated rings. The van der Waals surface area contributed by atoms with E-state index >= 15 is 0 Å². The van der Waals surface area contributed by atoms with Crippen molar-refractivity contribution in [3.8, 4) is 5.75 Å². The molecule has 1 aliphatic rings. The molecule has 0 amide bonds. The summed E-state index contributed by atoms with van der Waals surface area (Å²) in [5.74, 6) is 0.745. The zero-order chi connectivity index (χ0) is 14.0. The highest BCUT2D eigenvalue weighted by molar-refractivity contribution is 7.85. The molecular formula is C15H23NO2S. The second-order valence-electron chi connectivity index (χ2n) is 5.92. The third-order valence-corrected chi connectivity index (χ3v) is 5.96. The van der Waals surface area contributed by atoms with Gasteiger partial charge in [0.25, 0.3) is 0 Å². The van der Waals surface area contributed by atoms with Gasteiger partial charge >= 0.3 is 0 Å². The van der Waals surface area contributed by atoms with Gasteiger partial charge in [-0.3, -0.25) is 4.21 Å². The molecule has 2 rings (SSSR count). The van der Waals surface area contributed by atoms with Crippen molar-refractivity contribution in [2.45, 2.75) is 49.3 Å². The van der Waals surface area contributed by atoms with E-state index in [1.54, 1.807) is 7.11 Å². The Bertz CT molecular complexity index is 473. The number of hydrogen-bond acceptors (Lipinski definition) is 3. The lowest BCUT2D eigenvalue weighted by molar-refractivity contribution is 0.206. The van der Waals surface area contributed by atoms with E-state index in [2.05, 4.69) is 13.8 Å². The molecule has 0 radical (unpaired) electrons. The monoisotopic (exact) mass is 281 g/mol. The molecule has 19 heavy (non-hydrogen) atoms. The summed E-state index contributed by atoms with van der Waals surface area (Å²) in [5.41, 5.74) is 6.41. The summed E-state index contributed by atoms with van der Waals surface area (Å²) < 4.78 is 17.9. The predicted molar refractivity (Wildman–Crippen MR) is 78.8 cm³/mol. The number of nitrogens with two attached hydrogens (primary N) is 1. The van der Waals surface area contributed by atoms with Crippen molar-refractivity contribution in [2.24, 2.45) is 11.1 Å². The van der Waals surface area contributed by atoms with E-state index in [1.807, 2.05) is 24.3 Å². The van der Waals surface area contributed by atoms with E-state index in [1.165, 1.54) is 0 Å². The SMILES string of the molecule is COc1cccc(S(=O)C2CCCC(C)(C)C2N)c1. The van der Waals surface area contributed by atoms with Crippen molar-refractivity contribution in [3.63, 3.8) is 0 Å². The van der Waals surface area contributed by atoms with Gasteiger partial charge in [0.15, 0.2) is 0 Å². The molecule has 0 bridgehead atoms. The Hall–Kier alpha value is -0.870. The van der Waals surface area contributed by atoms with Crippen LogP contribution in [0, 0.1) is 5.41 Å². The second kappa shape index (κ2) is 5.63. The molecule has 3 unspecified atom stereocenters. The fraction of sp³-hybridized carbons (Fsp3) is 0.600. The van der Waals surface area contributed by atoms with Crippen LogP contribution in [0.1, 0.15) is 33.1 Å². The van der Waals surface area contributed by atoms with Gasteiger partial charge in [-0.2, -0.15) is 0 Å². The molecule has 106 valence electrons. The lowest BCUT2D eigenvalue weighted by atomic mass is 9.73. The van der Waals surface area contributed by atoms with Gasteiger partial charge in [-0.1, -0.05) is 26.3 Å². The molecule has 0 aromatic heterocycles. The Morgan fingerprint density at radius 3 is 2.84 bits per heavy atom. The molecule has 1 aromatic carbocycles. The number of ether oxygens (including phenoxy) is 1. The van der Waals surface area contributed by atoms with Crippen LogP contribution in [0.25, 0.3) is 0 Å². The van der Waals surface area contributed by atoms with Crippen LogP contribution < -0.4 is 10.5 Å². The van der Waals surface area contributed by atoms with Crippen LogP contribution in [0.4, 0.5) is 0 Å². The zero-order valence-corrected chi connectivity index (χ0v) is 12.7. The summed E-state index contributed by atoms with van der Waals surface area (Å²) in [6.07, 6.45) is 3.15. The molecular weight excluding hydrogens is 258 g/mol. The Morgan fingerprint density at radius 2 is 2.16 bits per heavy atom. The van der Waals surface area contributed by atoms with E-state index in [0.717, 1.165) is 29.9 Å². The van der Waals surface area contributed by atoms with Crippen molar-refractivity contribution in [3.05, 3.63) is 24.3 Å². The highest BCUT2D eigenvalue weighted by Crippen LogP contribution is 2.38. The van der Waals surface area contributed by atoms with Crippen molar-refractivity contribution in [1.82, 2.24) is 0 Å². The van der Waals surface area contributed by atoms with Gasteiger partial charge < -0.3 is 10.5 Å². The Balaban J connectivity index is 2.23. The third kappa shape index (κ3) is 3.00. The van der Waals surface area contributed by atoms with Crippen molar-refractivity contribution in [1.29, 1.82) is 0 Å². The van der Waals surface area contributed by atoms with E-state index in [0.29, 0.717) is 0 Å². The van der Waals surface area contributed by atoms with Gasteiger partial charge in [-0.05, 0) is 36.5 Å². The van der Waals surface area contributed by atoms with Gasteiger partial charge in [0.1, 0.15) is 5.75 Å². The van der Waals surface area contributed by atoms with Gasteiger partial charge in [0.2, 0.25) is 0 Å². The van der Waals surface area contributed by atoms with Crippen LogP contribution in [0.2, 0.25) is 0 Å². The van der Waals surface area contributed by atoms with Gasteiger partial charge in [0, 0.05) is 10.9 Å². The molecule has 4 heteroatoms. The lowest BCUT2D eigenvalue weighted by Crippen LogP contribution is -2.51. The van der Waals surface area contributed by atoms with E-state index in [-0.39, 0.29) is 16.7 Å². The summed E-state index contributed by atoms with van der Waals surface area (Å²) in [6.45, 7) is 4.35. The summed E-state index contributed by atoms with van der Waals surface area (Å²) in [4.78, 5) is 0.817.